The van der Waals surface area contributed by atoms with Crippen molar-refractivity contribution < 1.29 is 0 Å². The van der Waals surface area contributed by atoms with Crippen LogP contribution in [0.15, 0.2) is 41.6 Å². The van der Waals surface area contributed by atoms with Gasteiger partial charge in [-0.25, -0.2) is 9.97 Å². The highest BCUT2D eigenvalue weighted by molar-refractivity contribution is 8.02. The molecule has 2 saturated heterocycles. The Kier molecular flexibility index (Phi) is 9.62. The number of fused-ring (bicyclic) bond motifs is 1. The summed E-state index contributed by atoms with van der Waals surface area (Å²) in [6.07, 6.45) is 12.8. The van der Waals surface area contributed by atoms with Crippen molar-refractivity contribution in [2.45, 2.75) is 52.0 Å². The number of piperidine rings is 1. The Hall–Kier alpha value is -1.73. The second-order valence-electron chi connectivity index (χ2n) is 9.55. The summed E-state index contributed by atoms with van der Waals surface area (Å²) in [5, 5.41) is 1.26. The van der Waals surface area contributed by atoms with E-state index in [1.165, 1.54) is 51.7 Å². The van der Waals surface area contributed by atoms with Crippen molar-refractivity contribution in [1.82, 2.24) is 14.9 Å². The maximum absolute atomic E-state index is 6.50. The van der Waals surface area contributed by atoms with Gasteiger partial charge in [0.25, 0.3) is 0 Å². The number of rotatable bonds is 6. The van der Waals surface area contributed by atoms with Crippen molar-refractivity contribution in [2.24, 2.45) is 0 Å². The lowest BCUT2D eigenvalue weighted by molar-refractivity contribution is 0.229. The Balaban J connectivity index is 0.000000286. The molecule has 2 aromatic rings. The van der Waals surface area contributed by atoms with Crippen LogP contribution in [-0.2, 0) is 0 Å². The van der Waals surface area contributed by atoms with Gasteiger partial charge in [0.1, 0.15) is 11.5 Å². The van der Waals surface area contributed by atoms with Crippen molar-refractivity contribution in [3.8, 4) is 0 Å². The molecule has 0 aliphatic carbocycles. The van der Waals surface area contributed by atoms with E-state index >= 15 is 0 Å². The van der Waals surface area contributed by atoms with Gasteiger partial charge in [0.05, 0.1) is 12.2 Å². The fourth-order valence-corrected chi connectivity index (χ4v) is 6.01. The molecule has 0 radical (unpaired) electrons. The molecular weight excluding hydrogens is 509 g/mol. The minimum atomic E-state index is -0.0576. The van der Waals surface area contributed by atoms with E-state index in [0.29, 0.717) is 10.0 Å². The van der Waals surface area contributed by atoms with Crippen LogP contribution in [-0.4, -0.2) is 53.8 Å². The average molecular weight is 547 g/mol. The van der Waals surface area contributed by atoms with Crippen LogP contribution in [0.5, 0.6) is 0 Å². The minimum Gasteiger partial charge on any atom is -0.355 e. The van der Waals surface area contributed by atoms with Gasteiger partial charge < -0.3 is 14.7 Å². The number of benzene rings is 1. The molecule has 5 nitrogen and oxygen atoms in total. The van der Waals surface area contributed by atoms with E-state index in [1.54, 1.807) is 17.8 Å². The zero-order valence-electron chi connectivity index (χ0n) is 21.6. The zero-order chi connectivity index (χ0) is 25.7. The van der Waals surface area contributed by atoms with Crippen molar-refractivity contribution >= 4 is 52.7 Å². The van der Waals surface area contributed by atoms with Crippen LogP contribution in [0.4, 0.5) is 11.6 Å². The van der Waals surface area contributed by atoms with Gasteiger partial charge in [0.2, 0.25) is 0 Å². The molecule has 1 unspecified atom stereocenters. The third-order valence-corrected chi connectivity index (χ3v) is 8.38. The van der Waals surface area contributed by atoms with E-state index in [1.807, 2.05) is 24.6 Å². The van der Waals surface area contributed by atoms with Gasteiger partial charge >= 0.3 is 0 Å². The maximum atomic E-state index is 6.50. The Morgan fingerprint density at radius 1 is 1.08 bits per heavy atom. The van der Waals surface area contributed by atoms with Crippen LogP contribution in [0.25, 0.3) is 6.08 Å². The predicted octanol–water partition coefficient (Wildman–Crippen LogP) is 7.67. The first-order valence-corrected chi connectivity index (χ1v) is 14.9. The highest BCUT2D eigenvalue weighted by Crippen LogP contribution is 2.43. The van der Waals surface area contributed by atoms with Crippen LogP contribution >= 0.6 is 35.0 Å². The number of nitrogens with zero attached hydrogens (tertiary/aromatic N) is 5. The average Bonchev–Trinajstić information content (AvgIpc) is 2.83. The molecule has 5 rings (SSSR count). The maximum Gasteiger partial charge on any atom is 0.162 e. The molecule has 3 aliphatic rings. The summed E-state index contributed by atoms with van der Waals surface area (Å²) in [4.78, 5) is 17.6. The molecule has 1 atom stereocenters. The third kappa shape index (κ3) is 6.21. The van der Waals surface area contributed by atoms with Crippen molar-refractivity contribution in [3.05, 3.63) is 62.9 Å². The molecule has 0 amide bonds. The predicted molar refractivity (Wildman–Crippen MR) is 157 cm³/mol. The summed E-state index contributed by atoms with van der Waals surface area (Å²) < 4.78 is 0. The van der Waals surface area contributed by atoms with Gasteiger partial charge in [0, 0.05) is 33.7 Å². The topological polar surface area (TPSA) is 35.5 Å². The van der Waals surface area contributed by atoms with Gasteiger partial charge in [-0.2, -0.15) is 0 Å². The van der Waals surface area contributed by atoms with Crippen molar-refractivity contribution in [3.63, 3.8) is 0 Å². The van der Waals surface area contributed by atoms with E-state index in [4.69, 9.17) is 28.2 Å². The number of thioether (sulfide) groups is 1. The summed E-state index contributed by atoms with van der Waals surface area (Å²) in [7, 11) is 0. The van der Waals surface area contributed by atoms with E-state index in [2.05, 4.69) is 46.2 Å². The Morgan fingerprint density at radius 2 is 1.83 bits per heavy atom. The molecule has 1 aromatic heterocycles. The lowest BCUT2D eigenvalue weighted by Crippen LogP contribution is -2.38. The lowest BCUT2D eigenvalue weighted by atomic mass is 10.0. The van der Waals surface area contributed by atoms with Crippen LogP contribution in [0, 0.1) is 0 Å². The number of halogens is 2. The van der Waals surface area contributed by atoms with Gasteiger partial charge in [-0.05, 0) is 82.3 Å². The second kappa shape index (κ2) is 12.7. The van der Waals surface area contributed by atoms with Crippen LogP contribution in [0.3, 0.4) is 0 Å². The Bertz CT molecular complexity index is 1090. The first-order chi connectivity index (χ1) is 17.4. The van der Waals surface area contributed by atoms with Crippen molar-refractivity contribution in [1.29, 1.82) is 0 Å². The molecule has 4 heterocycles. The first kappa shape index (κ1) is 27.3. The normalized spacial score (nSPS) is 18.6. The molecule has 36 heavy (non-hydrogen) atoms. The monoisotopic (exact) mass is 545 g/mol. The third-order valence-electron chi connectivity index (χ3n) is 7.03. The van der Waals surface area contributed by atoms with E-state index < -0.39 is 0 Å². The van der Waals surface area contributed by atoms with Gasteiger partial charge in [0.15, 0.2) is 5.82 Å². The van der Waals surface area contributed by atoms with Crippen LogP contribution < -0.4 is 9.80 Å². The number of likely N-dealkylation sites (tertiary alicyclic amines) is 1. The molecule has 1 aromatic carbocycles. The molecule has 0 bridgehead atoms. The fraction of sp³-hybridized carbons (Fsp3) is 0.500. The first-order valence-electron chi connectivity index (χ1n) is 13.0. The van der Waals surface area contributed by atoms with Crippen LogP contribution in [0.1, 0.15) is 63.3 Å². The van der Waals surface area contributed by atoms with Gasteiger partial charge in [-0.3, -0.25) is 0 Å². The largest absolute Gasteiger partial charge is 0.355 e. The van der Waals surface area contributed by atoms with Gasteiger partial charge in [-0.15, -0.1) is 11.8 Å². The molecule has 0 N–H and O–H groups in total. The SMILES string of the molecule is C=C1C(SC)=Cc2ncc(N3CCC3)nc2N1C(C)c1ccc(Cl)cc1Cl.CCCN1CCCCC1. The Morgan fingerprint density at radius 3 is 2.44 bits per heavy atom. The van der Waals surface area contributed by atoms with Crippen molar-refractivity contribution in [2.75, 3.05) is 48.8 Å². The Labute approximate surface area is 230 Å². The number of hydrogen-bond donors (Lipinski definition) is 0. The highest BCUT2D eigenvalue weighted by atomic mass is 35.5. The molecule has 8 heteroatoms. The van der Waals surface area contributed by atoms with E-state index in [-0.39, 0.29) is 6.04 Å². The molecule has 3 aliphatic heterocycles. The summed E-state index contributed by atoms with van der Waals surface area (Å²) in [5.74, 6) is 1.73. The molecule has 2 fully saturated rings. The zero-order valence-corrected chi connectivity index (χ0v) is 24.0. The summed E-state index contributed by atoms with van der Waals surface area (Å²) in [5.41, 5.74) is 2.74. The summed E-state index contributed by atoms with van der Waals surface area (Å²) >= 11 is 14.2. The smallest absolute Gasteiger partial charge is 0.162 e. The standard InChI is InChI=1S/C20H20Cl2N4S.C8H17N/c1-12(15-6-5-14(21)9-16(15)22)26-13(2)18(27-3)10-17-20(26)24-19(11-23-17)25-7-4-8-25;1-2-6-9-7-4-3-5-8-9/h5-6,9-12H,2,4,7-8H2,1,3H3;2-8H2,1H3. The molecule has 0 spiro atoms. The molecule has 0 saturated carbocycles. The molecule has 194 valence electrons. The van der Waals surface area contributed by atoms with Gasteiger partial charge in [-0.1, -0.05) is 49.2 Å². The lowest BCUT2D eigenvalue weighted by Gasteiger charge is -2.38. The summed E-state index contributed by atoms with van der Waals surface area (Å²) in [6.45, 7) is 14.8. The van der Waals surface area contributed by atoms with Crippen LogP contribution in [0.2, 0.25) is 10.0 Å². The number of hydrogen-bond acceptors (Lipinski definition) is 6. The minimum absolute atomic E-state index is 0.0576. The number of anilines is 2. The second-order valence-corrected chi connectivity index (χ2v) is 11.2. The highest BCUT2D eigenvalue weighted by Gasteiger charge is 2.31. The summed E-state index contributed by atoms with van der Waals surface area (Å²) in [6, 6.07) is 5.54. The molecular formula is C28H37Cl2N5S. The number of aromatic nitrogens is 2. The van der Waals surface area contributed by atoms with E-state index in [0.717, 1.165) is 46.6 Å². The quantitative estimate of drug-likeness (QED) is 0.370. The fourth-order valence-electron chi connectivity index (χ4n) is 4.88. The van der Waals surface area contributed by atoms with E-state index in [9.17, 15) is 0 Å².